The third-order valence-electron chi connectivity index (χ3n) is 4.39. The molecule has 7 nitrogen and oxygen atoms in total. The Morgan fingerprint density at radius 3 is 2.33 bits per heavy atom. The first-order valence-electron chi connectivity index (χ1n) is 8.37. The second-order valence-corrected chi connectivity index (χ2v) is 6.85. The molecule has 0 unspecified atom stereocenters. The Hall–Kier alpha value is -3.35. The van der Waals surface area contributed by atoms with Crippen molar-refractivity contribution in [2.45, 2.75) is 32.8 Å². The number of ether oxygens (including phenoxy) is 1. The van der Waals surface area contributed by atoms with E-state index in [1.165, 1.54) is 24.3 Å². The first-order valence-corrected chi connectivity index (χ1v) is 8.37. The summed E-state index contributed by atoms with van der Waals surface area (Å²) in [5.74, 6) is -1.55. The van der Waals surface area contributed by atoms with E-state index in [0.717, 1.165) is 6.07 Å². The van der Waals surface area contributed by atoms with Crippen molar-refractivity contribution in [1.29, 1.82) is 0 Å². The summed E-state index contributed by atoms with van der Waals surface area (Å²) in [7, 11) is 0. The highest BCUT2D eigenvalue weighted by molar-refractivity contribution is 5.88. The smallest absolute Gasteiger partial charge is 0.239 e. The lowest BCUT2D eigenvalue weighted by Crippen LogP contribution is -2.29. The molecule has 0 radical (unpaired) electrons. The summed E-state index contributed by atoms with van der Waals surface area (Å²) in [5.41, 5.74) is -1.07. The standard InChI is InChI=1S/C20H20O7/c1-4-20(2,3)27-19-17(25)16-14(24)8-11(21)9-15(16)26-18(19)10-5-6-12(22)13(23)7-10/h5-9,21-24H,4H2,1-3H3. The molecule has 0 atom stereocenters. The molecule has 7 heteroatoms. The average Bonchev–Trinajstić information content (AvgIpc) is 2.59. The summed E-state index contributed by atoms with van der Waals surface area (Å²) in [6.07, 6.45) is 0.590. The Bertz CT molecular complexity index is 1080. The molecular weight excluding hydrogens is 352 g/mol. The van der Waals surface area contributed by atoms with Crippen LogP contribution >= 0.6 is 0 Å². The van der Waals surface area contributed by atoms with Gasteiger partial charge in [-0.25, -0.2) is 0 Å². The van der Waals surface area contributed by atoms with Gasteiger partial charge in [0.15, 0.2) is 17.3 Å². The first kappa shape index (κ1) is 18.4. The fraction of sp³-hybridized carbons (Fsp3) is 0.250. The molecule has 3 rings (SSSR count). The number of benzene rings is 2. The van der Waals surface area contributed by atoms with E-state index in [9.17, 15) is 25.2 Å². The molecule has 0 saturated carbocycles. The maximum atomic E-state index is 13.1. The molecule has 0 fully saturated rings. The Labute approximate surface area is 154 Å². The van der Waals surface area contributed by atoms with Gasteiger partial charge < -0.3 is 29.6 Å². The van der Waals surface area contributed by atoms with Crippen LogP contribution in [0.3, 0.4) is 0 Å². The molecule has 1 aromatic heterocycles. The van der Waals surface area contributed by atoms with E-state index in [0.29, 0.717) is 6.42 Å². The van der Waals surface area contributed by atoms with Gasteiger partial charge in [0.2, 0.25) is 11.2 Å². The van der Waals surface area contributed by atoms with Crippen molar-refractivity contribution in [3.05, 3.63) is 40.6 Å². The van der Waals surface area contributed by atoms with Gasteiger partial charge in [0.05, 0.1) is 0 Å². The Morgan fingerprint density at radius 2 is 1.70 bits per heavy atom. The number of aromatic hydroxyl groups is 4. The van der Waals surface area contributed by atoms with Crippen LogP contribution in [0.1, 0.15) is 27.2 Å². The van der Waals surface area contributed by atoms with Crippen LogP contribution in [-0.2, 0) is 0 Å². The Morgan fingerprint density at radius 1 is 1.00 bits per heavy atom. The zero-order valence-electron chi connectivity index (χ0n) is 15.1. The Balaban J connectivity index is 2.38. The van der Waals surface area contributed by atoms with E-state index in [2.05, 4.69) is 0 Å². The minimum absolute atomic E-state index is 0.00863. The van der Waals surface area contributed by atoms with Crippen molar-refractivity contribution >= 4 is 11.0 Å². The summed E-state index contributed by atoms with van der Waals surface area (Å²) in [5, 5.41) is 39.0. The van der Waals surface area contributed by atoms with Crippen molar-refractivity contribution < 1.29 is 29.6 Å². The zero-order chi connectivity index (χ0) is 19.9. The highest BCUT2D eigenvalue weighted by atomic mass is 16.5. The average molecular weight is 372 g/mol. The lowest BCUT2D eigenvalue weighted by atomic mass is 10.0. The molecule has 0 saturated heterocycles. The predicted molar refractivity (Wildman–Crippen MR) is 99.6 cm³/mol. The first-order chi connectivity index (χ1) is 12.6. The van der Waals surface area contributed by atoms with E-state index in [4.69, 9.17) is 9.15 Å². The second-order valence-electron chi connectivity index (χ2n) is 6.85. The summed E-state index contributed by atoms with van der Waals surface area (Å²) < 4.78 is 11.7. The molecule has 2 aromatic carbocycles. The van der Waals surface area contributed by atoms with Crippen LogP contribution in [0.4, 0.5) is 0 Å². The summed E-state index contributed by atoms with van der Waals surface area (Å²) in [4.78, 5) is 13.1. The van der Waals surface area contributed by atoms with E-state index in [-0.39, 0.29) is 39.5 Å². The third-order valence-corrected chi connectivity index (χ3v) is 4.39. The summed E-state index contributed by atoms with van der Waals surface area (Å²) >= 11 is 0. The summed E-state index contributed by atoms with van der Waals surface area (Å²) in [6.45, 7) is 5.49. The van der Waals surface area contributed by atoms with E-state index >= 15 is 0 Å². The molecule has 0 bridgehead atoms. The molecule has 0 aliphatic rings. The van der Waals surface area contributed by atoms with Gasteiger partial charge in [0.1, 0.15) is 28.1 Å². The number of hydrogen-bond donors (Lipinski definition) is 4. The lowest BCUT2D eigenvalue weighted by molar-refractivity contribution is 0.102. The van der Waals surface area contributed by atoms with Crippen molar-refractivity contribution in [1.82, 2.24) is 0 Å². The molecular formula is C20H20O7. The van der Waals surface area contributed by atoms with Gasteiger partial charge in [-0.3, -0.25) is 4.79 Å². The molecule has 3 aromatic rings. The van der Waals surface area contributed by atoms with E-state index < -0.39 is 22.5 Å². The number of phenols is 4. The second kappa shape index (κ2) is 6.42. The minimum atomic E-state index is -0.706. The maximum Gasteiger partial charge on any atom is 0.239 e. The highest BCUT2D eigenvalue weighted by Crippen LogP contribution is 2.39. The van der Waals surface area contributed by atoms with Crippen LogP contribution in [-0.4, -0.2) is 26.0 Å². The maximum absolute atomic E-state index is 13.1. The van der Waals surface area contributed by atoms with E-state index in [1.807, 2.05) is 6.92 Å². The van der Waals surface area contributed by atoms with Gasteiger partial charge in [-0.1, -0.05) is 6.92 Å². The normalized spacial score (nSPS) is 11.7. The van der Waals surface area contributed by atoms with Crippen LogP contribution in [0.15, 0.2) is 39.5 Å². The van der Waals surface area contributed by atoms with E-state index in [1.54, 1.807) is 13.8 Å². The van der Waals surface area contributed by atoms with Crippen LogP contribution in [0.2, 0.25) is 0 Å². The fourth-order valence-corrected chi connectivity index (χ4v) is 2.56. The van der Waals surface area contributed by atoms with Gasteiger partial charge in [-0.05, 0) is 38.5 Å². The van der Waals surface area contributed by atoms with Crippen molar-refractivity contribution in [3.63, 3.8) is 0 Å². The third kappa shape index (κ3) is 3.36. The van der Waals surface area contributed by atoms with Crippen LogP contribution in [0.5, 0.6) is 28.7 Å². The fourth-order valence-electron chi connectivity index (χ4n) is 2.56. The number of hydrogen-bond acceptors (Lipinski definition) is 7. The molecule has 1 heterocycles. The van der Waals surface area contributed by atoms with Crippen molar-refractivity contribution in [2.24, 2.45) is 0 Å². The van der Waals surface area contributed by atoms with Gasteiger partial charge in [-0.2, -0.15) is 0 Å². The zero-order valence-corrected chi connectivity index (χ0v) is 15.1. The molecule has 0 spiro atoms. The van der Waals surface area contributed by atoms with Gasteiger partial charge in [-0.15, -0.1) is 0 Å². The lowest BCUT2D eigenvalue weighted by Gasteiger charge is -2.25. The van der Waals surface area contributed by atoms with Gasteiger partial charge in [0, 0.05) is 17.7 Å². The van der Waals surface area contributed by atoms with Crippen molar-refractivity contribution in [3.8, 4) is 40.1 Å². The monoisotopic (exact) mass is 372 g/mol. The molecule has 4 N–H and O–H groups in total. The number of fused-ring (bicyclic) bond motifs is 1. The quantitative estimate of drug-likeness (QED) is 0.513. The molecule has 0 aliphatic carbocycles. The molecule has 0 aliphatic heterocycles. The molecule has 142 valence electrons. The SMILES string of the molecule is CCC(C)(C)Oc1c(-c2ccc(O)c(O)c2)oc2cc(O)cc(O)c2c1=O. The van der Waals surface area contributed by atoms with Crippen LogP contribution in [0.25, 0.3) is 22.3 Å². The summed E-state index contributed by atoms with van der Waals surface area (Å²) in [6, 6.07) is 6.18. The Kier molecular flexibility index (Phi) is 4.39. The van der Waals surface area contributed by atoms with Crippen LogP contribution in [0, 0.1) is 0 Å². The number of rotatable bonds is 4. The largest absolute Gasteiger partial charge is 0.508 e. The van der Waals surface area contributed by atoms with Crippen LogP contribution < -0.4 is 10.2 Å². The predicted octanol–water partition coefficient (Wildman–Crippen LogP) is 3.85. The molecule has 27 heavy (non-hydrogen) atoms. The number of phenolic OH excluding ortho intramolecular Hbond substituents is 4. The highest BCUT2D eigenvalue weighted by Gasteiger charge is 2.26. The van der Waals surface area contributed by atoms with Gasteiger partial charge in [0.25, 0.3) is 0 Å². The minimum Gasteiger partial charge on any atom is -0.508 e. The molecule has 0 amide bonds. The topological polar surface area (TPSA) is 120 Å². The van der Waals surface area contributed by atoms with Gasteiger partial charge >= 0.3 is 0 Å². The van der Waals surface area contributed by atoms with Crippen molar-refractivity contribution in [2.75, 3.05) is 0 Å².